The van der Waals surface area contributed by atoms with Gasteiger partial charge in [0, 0.05) is 7.05 Å². The van der Waals surface area contributed by atoms with Crippen molar-refractivity contribution in [3.8, 4) is 11.6 Å². The van der Waals surface area contributed by atoms with E-state index in [0.717, 1.165) is 11.1 Å². The van der Waals surface area contributed by atoms with Crippen LogP contribution in [0.1, 0.15) is 27.2 Å². The van der Waals surface area contributed by atoms with Crippen LogP contribution >= 0.6 is 0 Å². The molecule has 5 heteroatoms. The van der Waals surface area contributed by atoms with Gasteiger partial charge >= 0.3 is 5.97 Å². The molecule has 0 aliphatic carbocycles. The summed E-state index contributed by atoms with van der Waals surface area (Å²) in [6, 6.07) is 5.80. The van der Waals surface area contributed by atoms with Crippen molar-refractivity contribution >= 4 is 5.97 Å². The lowest BCUT2D eigenvalue weighted by atomic mass is 10.1. The lowest BCUT2D eigenvalue weighted by Gasteiger charge is -2.10. The molecular formula is C14H16N2O3. The normalized spacial score (nSPS) is 10.5. The van der Waals surface area contributed by atoms with Crippen molar-refractivity contribution in [1.29, 1.82) is 0 Å². The van der Waals surface area contributed by atoms with Gasteiger partial charge in [-0.2, -0.15) is 5.10 Å². The highest BCUT2D eigenvalue weighted by Crippen LogP contribution is 2.29. The quantitative estimate of drug-likeness (QED) is 0.921. The predicted molar refractivity (Wildman–Crippen MR) is 70.9 cm³/mol. The van der Waals surface area contributed by atoms with E-state index in [1.807, 2.05) is 32.0 Å². The van der Waals surface area contributed by atoms with E-state index in [4.69, 9.17) is 4.74 Å². The molecular weight excluding hydrogens is 244 g/mol. The summed E-state index contributed by atoms with van der Waals surface area (Å²) < 4.78 is 7.20. The van der Waals surface area contributed by atoms with Crippen LogP contribution in [0.15, 0.2) is 18.2 Å². The molecule has 1 aromatic heterocycles. The lowest BCUT2D eigenvalue weighted by Crippen LogP contribution is -2.02. The summed E-state index contributed by atoms with van der Waals surface area (Å²) in [5, 5.41) is 13.3. The van der Waals surface area contributed by atoms with Gasteiger partial charge in [0.15, 0.2) is 0 Å². The Bertz CT molecular complexity index is 644. The van der Waals surface area contributed by atoms with Crippen molar-refractivity contribution in [2.45, 2.75) is 20.8 Å². The first-order chi connectivity index (χ1) is 8.90. The van der Waals surface area contributed by atoms with Crippen molar-refractivity contribution in [3.63, 3.8) is 0 Å². The molecule has 0 saturated carbocycles. The van der Waals surface area contributed by atoms with E-state index < -0.39 is 5.97 Å². The number of aryl methyl sites for hydroxylation is 4. The third-order valence-corrected chi connectivity index (χ3v) is 2.93. The van der Waals surface area contributed by atoms with Crippen LogP contribution < -0.4 is 4.74 Å². The number of carboxylic acids is 1. The highest BCUT2D eigenvalue weighted by Gasteiger charge is 2.22. The van der Waals surface area contributed by atoms with E-state index in [1.54, 1.807) is 14.0 Å². The van der Waals surface area contributed by atoms with Crippen molar-refractivity contribution < 1.29 is 14.6 Å². The summed E-state index contributed by atoms with van der Waals surface area (Å²) in [4.78, 5) is 11.3. The van der Waals surface area contributed by atoms with Crippen molar-refractivity contribution in [1.82, 2.24) is 9.78 Å². The molecule has 0 fully saturated rings. The number of carbonyl (C=O) groups is 1. The van der Waals surface area contributed by atoms with Gasteiger partial charge < -0.3 is 9.84 Å². The van der Waals surface area contributed by atoms with E-state index in [2.05, 4.69) is 5.10 Å². The van der Waals surface area contributed by atoms with Crippen LogP contribution in [0.5, 0.6) is 11.6 Å². The standard InChI is InChI=1S/C14H16N2O3/c1-8-5-6-9(2)11(7-8)19-13-12(14(17)18)10(3)15-16(13)4/h5-7H,1-4H3,(H,17,18). The summed E-state index contributed by atoms with van der Waals surface area (Å²) in [5.74, 6) is -0.143. The zero-order valence-corrected chi connectivity index (χ0v) is 11.4. The number of ether oxygens (including phenoxy) is 1. The fraction of sp³-hybridized carbons (Fsp3) is 0.286. The molecule has 1 N–H and O–H groups in total. The highest BCUT2D eigenvalue weighted by atomic mass is 16.5. The summed E-state index contributed by atoms with van der Waals surface area (Å²) in [5.41, 5.74) is 2.54. The van der Waals surface area contributed by atoms with Crippen molar-refractivity contribution in [3.05, 3.63) is 40.6 Å². The van der Waals surface area contributed by atoms with Gasteiger partial charge in [-0.1, -0.05) is 12.1 Å². The maximum Gasteiger partial charge on any atom is 0.343 e. The molecule has 2 rings (SSSR count). The lowest BCUT2D eigenvalue weighted by molar-refractivity contribution is 0.0693. The topological polar surface area (TPSA) is 64.3 Å². The summed E-state index contributed by atoms with van der Waals surface area (Å²) in [7, 11) is 1.67. The second-order valence-corrected chi connectivity index (χ2v) is 4.57. The van der Waals surface area contributed by atoms with E-state index in [1.165, 1.54) is 4.68 Å². The van der Waals surface area contributed by atoms with Gasteiger partial charge in [0.25, 0.3) is 0 Å². The van der Waals surface area contributed by atoms with Crippen LogP contribution in [-0.2, 0) is 7.05 Å². The third-order valence-electron chi connectivity index (χ3n) is 2.93. The zero-order valence-electron chi connectivity index (χ0n) is 11.4. The molecule has 0 bridgehead atoms. The Morgan fingerprint density at radius 3 is 2.63 bits per heavy atom. The fourth-order valence-electron chi connectivity index (χ4n) is 1.92. The minimum absolute atomic E-state index is 0.100. The maximum atomic E-state index is 11.3. The molecule has 0 amide bonds. The summed E-state index contributed by atoms with van der Waals surface area (Å²) in [6.45, 7) is 5.52. The molecule has 19 heavy (non-hydrogen) atoms. The van der Waals surface area contributed by atoms with Crippen molar-refractivity contribution in [2.75, 3.05) is 0 Å². The highest BCUT2D eigenvalue weighted by molar-refractivity contribution is 5.91. The molecule has 1 heterocycles. The Kier molecular flexibility index (Phi) is 3.29. The second-order valence-electron chi connectivity index (χ2n) is 4.57. The van der Waals surface area contributed by atoms with E-state index in [9.17, 15) is 9.90 Å². The van der Waals surface area contributed by atoms with E-state index in [0.29, 0.717) is 11.4 Å². The average molecular weight is 260 g/mol. The molecule has 100 valence electrons. The Morgan fingerprint density at radius 2 is 2.00 bits per heavy atom. The van der Waals surface area contributed by atoms with Crippen LogP contribution in [0.4, 0.5) is 0 Å². The van der Waals surface area contributed by atoms with Gasteiger partial charge in [0.1, 0.15) is 11.3 Å². The van der Waals surface area contributed by atoms with E-state index in [-0.39, 0.29) is 11.4 Å². The molecule has 0 aliphatic heterocycles. The first-order valence-electron chi connectivity index (χ1n) is 5.92. The number of aromatic nitrogens is 2. The molecule has 1 aromatic carbocycles. The zero-order chi connectivity index (χ0) is 14.2. The molecule has 0 atom stereocenters. The summed E-state index contributed by atoms with van der Waals surface area (Å²) in [6.07, 6.45) is 0. The second kappa shape index (κ2) is 4.76. The fourth-order valence-corrected chi connectivity index (χ4v) is 1.92. The predicted octanol–water partition coefficient (Wildman–Crippen LogP) is 2.84. The van der Waals surface area contributed by atoms with Gasteiger partial charge in [0.05, 0.1) is 5.69 Å². The number of rotatable bonds is 3. The molecule has 0 radical (unpaired) electrons. The van der Waals surface area contributed by atoms with Crippen molar-refractivity contribution in [2.24, 2.45) is 7.05 Å². The molecule has 0 unspecified atom stereocenters. The molecule has 5 nitrogen and oxygen atoms in total. The van der Waals surface area contributed by atoms with Crippen LogP contribution in [-0.4, -0.2) is 20.9 Å². The monoisotopic (exact) mass is 260 g/mol. The number of nitrogens with zero attached hydrogens (tertiary/aromatic N) is 2. The summed E-state index contributed by atoms with van der Waals surface area (Å²) >= 11 is 0. The van der Waals surface area contributed by atoms with Gasteiger partial charge in [-0.25, -0.2) is 9.48 Å². The van der Waals surface area contributed by atoms with Gasteiger partial charge in [-0.05, 0) is 38.0 Å². The van der Waals surface area contributed by atoms with Crippen LogP contribution in [0.2, 0.25) is 0 Å². The third kappa shape index (κ3) is 2.45. The number of hydrogen-bond donors (Lipinski definition) is 1. The molecule has 0 aliphatic rings. The van der Waals surface area contributed by atoms with Gasteiger partial charge in [-0.3, -0.25) is 0 Å². The van der Waals surface area contributed by atoms with E-state index >= 15 is 0 Å². The molecule has 0 spiro atoms. The Morgan fingerprint density at radius 1 is 1.32 bits per heavy atom. The average Bonchev–Trinajstić information content (AvgIpc) is 2.59. The molecule has 0 saturated heterocycles. The molecule has 2 aromatic rings. The van der Waals surface area contributed by atoms with Gasteiger partial charge in [0.2, 0.25) is 5.88 Å². The van der Waals surface area contributed by atoms with Crippen LogP contribution in [0.25, 0.3) is 0 Å². The SMILES string of the molecule is Cc1ccc(C)c(Oc2c(C(=O)O)c(C)nn2C)c1. The minimum Gasteiger partial charge on any atom is -0.477 e. The number of hydrogen-bond acceptors (Lipinski definition) is 3. The Balaban J connectivity index is 2.49. The number of carboxylic acid groups (broad SMARTS) is 1. The van der Waals surface area contributed by atoms with Crippen LogP contribution in [0.3, 0.4) is 0 Å². The Labute approximate surface area is 111 Å². The van der Waals surface area contributed by atoms with Crippen LogP contribution in [0, 0.1) is 20.8 Å². The maximum absolute atomic E-state index is 11.3. The first-order valence-corrected chi connectivity index (χ1v) is 5.92. The minimum atomic E-state index is -1.04. The largest absolute Gasteiger partial charge is 0.477 e. The number of aromatic carboxylic acids is 1. The smallest absolute Gasteiger partial charge is 0.343 e. The first kappa shape index (κ1) is 13.1. The number of benzene rings is 1. The Hall–Kier alpha value is -2.30. The van der Waals surface area contributed by atoms with Gasteiger partial charge in [-0.15, -0.1) is 0 Å².